The van der Waals surface area contributed by atoms with Crippen molar-refractivity contribution in [3.8, 4) is 0 Å². The number of rotatable bonds is 9. The van der Waals surface area contributed by atoms with Gasteiger partial charge in [-0.2, -0.15) is 0 Å². The van der Waals surface area contributed by atoms with Crippen LogP contribution in [0.5, 0.6) is 0 Å². The highest BCUT2D eigenvalue weighted by Crippen LogP contribution is 2.27. The molecule has 0 spiro atoms. The van der Waals surface area contributed by atoms with Crippen LogP contribution in [0.25, 0.3) is 10.9 Å². The molecule has 32 heavy (non-hydrogen) atoms. The van der Waals surface area contributed by atoms with Gasteiger partial charge in [-0.15, -0.1) is 0 Å². The number of aromatic amines is 1. The van der Waals surface area contributed by atoms with E-state index in [9.17, 15) is 18.0 Å². The molecule has 0 saturated carbocycles. The molecule has 8 heteroatoms. The van der Waals surface area contributed by atoms with Crippen LogP contribution in [0, 0.1) is 0 Å². The third kappa shape index (κ3) is 4.92. The number of Topliss-reactive ketones (excluding diaryl/α,β-unsaturated/α-hetero) is 1. The quantitative estimate of drug-likeness (QED) is 0.341. The van der Waals surface area contributed by atoms with Crippen molar-refractivity contribution in [2.24, 2.45) is 0 Å². The highest BCUT2D eigenvalue weighted by molar-refractivity contribution is 7.72. The first-order chi connectivity index (χ1) is 15.4. The summed E-state index contributed by atoms with van der Waals surface area (Å²) in [6.45, 7) is 0.565. The molecule has 1 aliphatic heterocycles. The predicted octanol–water partition coefficient (Wildman–Crippen LogP) is 2.46. The van der Waals surface area contributed by atoms with Crippen molar-refractivity contribution < 1.29 is 18.0 Å². The Morgan fingerprint density at radius 2 is 2.00 bits per heavy atom. The predicted molar refractivity (Wildman–Crippen MR) is 124 cm³/mol. The Morgan fingerprint density at radius 3 is 2.69 bits per heavy atom. The number of thiol groups is 1. The minimum Gasteiger partial charge on any atom is -0.360 e. The molecule has 2 heterocycles. The van der Waals surface area contributed by atoms with Crippen molar-refractivity contribution in [1.82, 2.24) is 15.2 Å². The molecule has 2 atom stereocenters. The number of H-pyrrole nitrogens is 1. The molecule has 3 aromatic rings. The van der Waals surface area contributed by atoms with Crippen LogP contribution in [0.4, 0.5) is 0 Å². The molecule has 1 aromatic heterocycles. The average molecular weight is 454 g/mol. The van der Waals surface area contributed by atoms with E-state index < -0.39 is 16.7 Å². The number of carbonyl (C=O) groups excluding carboxylic acids is 2. The van der Waals surface area contributed by atoms with Crippen LogP contribution in [-0.4, -0.2) is 55.4 Å². The van der Waals surface area contributed by atoms with Crippen molar-refractivity contribution in [3.63, 3.8) is 0 Å². The van der Waals surface area contributed by atoms with Crippen LogP contribution in [0.1, 0.15) is 40.4 Å². The second-order valence-electron chi connectivity index (χ2n) is 8.29. The van der Waals surface area contributed by atoms with Gasteiger partial charge in [0.2, 0.25) is 5.91 Å². The van der Waals surface area contributed by atoms with E-state index in [0.29, 0.717) is 31.4 Å². The zero-order valence-electron chi connectivity index (χ0n) is 17.9. The Bertz CT molecular complexity index is 1190. The maximum atomic E-state index is 13.7. The zero-order valence-corrected chi connectivity index (χ0v) is 18.8. The van der Waals surface area contributed by atoms with Gasteiger partial charge in [0.05, 0.1) is 6.04 Å². The molecule has 0 bridgehead atoms. The van der Waals surface area contributed by atoms with E-state index in [4.69, 9.17) is 0 Å². The average Bonchev–Trinajstić information content (AvgIpc) is 3.34. The number of fused-ring (bicyclic) bond motifs is 1. The number of hydrogen-bond acceptors (Lipinski definition) is 5. The van der Waals surface area contributed by atoms with E-state index in [1.54, 1.807) is 18.1 Å². The van der Waals surface area contributed by atoms with E-state index >= 15 is 0 Å². The SMILES string of the molecule is CN1CC(NC(C(=O)c2c[nH]c3ccc(CCC[SH](=O)=O)cc23)c2ccccc2)CC1=O. The lowest BCUT2D eigenvalue weighted by molar-refractivity contribution is -0.126. The summed E-state index contributed by atoms with van der Waals surface area (Å²) < 4.78 is 21.7. The van der Waals surface area contributed by atoms with Crippen molar-refractivity contribution in [2.75, 3.05) is 19.3 Å². The molecule has 1 aliphatic rings. The first kappa shape index (κ1) is 22.2. The van der Waals surface area contributed by atoms with Crippen molar-refractivity contribution in [1.29, 1.82) is 0 Å². The lowest BCUT2D eigenvalue weighted by Crippen LogP contribution is -2.38. The number of nitrogens with zero attached hydrogens (tertiary/aromatic N) is 1. The normalized spacial score (nSPS) is 17.4. The monoisotopic (exact) mass is 453 g/mol. The van der Waals surface area contributed by atoms with E-state index in [0.717, 1.165) is 22.0 Å². The summed E-state index contributed by atoms with van der Waals surface area (Å²) in [5, 5.41) is 4.23. The van der Waals surface area contributed by atoms with Gasteiger partial charge >= 0.3 is 0 Å². The lowest BCUT2D eigenvalue weighted by Gasteiger charge is -2.22. The molecule has 7 nitrogen and oxygen atoms in total. The molecule has 1 amide bonds. The van der Waals surface area contributed by atoms with E-state index in [2.05, 4.69) is 10.3 Å². The fourth-order valence-corrected chi connectivity index (χ4v) is 4.69. The smallest absolute Gasteiger partial charge is 0.224 e. The Morgan fingerprint density at radius 1 is 1.22 bits per heavy atom. The fraction of sp³-hybridized carbons (Fsp3) is 0.333. The Hall–Kier alpha value is -2.97. The summed E-state index contributed by atoms with van der Waals surface area (Å²) in [6.07, 6.45) is 3.28. The highest BCUT2D eigenvalue weighted by Gasteiger charge is 2.32. The van der Waals surface area contributed by atoms with E-state index in [1.165, 1.54) is 0 Å². The number of aryl methyl sites for hydroxylation is 1. The number of aromatic nitrogens is 1. The molecular formula is C24H27N3O4S. The van der Waals surface area contributed by atoms with E-state index in [-0.39, 0.29) is 23.5 Å². The molecule has 0 aliphatic carbocycles. The van der Waals surface area contributed by atoms with Gasteiger partial charge in [0, 0.05) is 54.5 Å². The number of ketones is 1. The van der Waals surface area contributed by atoms with Gasteiger partial charge in [-0.1, -0.05) is 36.4 Å². The fourth-order valence-electron chi connectivity index (χ4n) is 4.27. The zero-order chi connectivity index (χ0) is 22.7. The summed E-state index contributed by atoms with van der Waals surface area (Å²) >= 11 is 0. The maximum Gasteiger partial charge on any atom is 0.224 e. The minimum absolute atomic E-state index is 0.0655. The number of benzene rings is 2. The van der Waals surface area contributed by atoms with Crippen LogP contribution >= 0.6 is 0 Å². The molecule has 2 unspecified atom stereocenters. The van der Waals surface area contributed by atoms with Gasteiger partial charge in [0.15, 0.2) is 5.78 Å². The van der Waals surface area contributed by atoms with Gasteiger partial charge in [-0.25, -0.2) is 8.42 Å². The van der Waals surface area contributed by atoms with Crippen LogP contribution in [0.3, 0.4) is 0 Å². The third-order valence-corrected chi connectivity index (χ3v) is 6.64. The molecule has 168 valence electrons. The summed E-state index contributed by atoms with van der Waals surface area (Å²) in [7, 11) is -0.611. The van der Waals surface area contributed by atoms with Gasteiger partial charge < -0.3 is 9.88 Å². The molecule has 1 saturated heterocycles. The molecule has 2 aromatic carbocycles. The summed E-state index contributed by atoms with van der Waals surface area (Å²) in [4.78, 5) is 30.6. The van der Waals surface area contributed by atoms with Gasteiger partial charge in [-0.05, 0) is 36.1 Å². The summed E-state index contributed by atoms with van der Waals surface area (Å²) in [5.74, 6) is 0.156. The van der Waals surface area contributed by atoms with Crippen LogP contribution in [-0.2, 0) is 21.9 Å². The number of amides is 1. The Labute approximate surface area is 188 Å². The summed E-state index contributed by atoms with van der Waals surface area (Å²) in [5.41, 5.74) is 3.28. The number of carbonyl (C=O) groups is 2. The van der Waals surface area contributed by atoms with Crippen LogP contribution in [0.15, 0.2) is 54.7 Å². The number of likely N-dealkylation sites (N-methyl/N-ethyl adjacent to an activating group) is 1. The van der Waals surface area contributed by atoms with Crippen molar-refractivity contribution in [3.05, 3.63) is 71.4 Å². The largest absolute Gasteiger partial charge is 0.360 e. The summed E-state index contributed by atoms with van der Waals surface area (Å²) in [6, 6.07) is 14.7. The number of hydrogen-bond donors (Lipinski definition) is 3. The molecule has 4 rings (SSSR count). The molecular weight excluding hydrogens is 426 g/mol. The number of likely N-dealkylation sites (tertiary alicyclic amines) is 1. The van der Waals surface area contributed by atoms with Crippen molar-refractivity contribution in [2.45, 2.75) is 31.3 Å². The first-order valence-electron chi connectivity index (χ1n) is 10.7. The van der Waals surface area contributed by atoms with Gasteiger partial charge in [0.25, 0.3) is 0 Å². The topological polar surface area (TPSA) is 99.3 Å². The molecule has 2 N–H and O–H groups in total. The van der Waals surface area contributed by atoms with Crippen LogP contribution < -0.4 is 5.32 Å². The van der Waals surface area contributed by atoms with E-state index in [1.807, 2.05) is 48.5 Å². The standard InChI is InChI=1S/C24H27N3O4S/c1-27-15-18(13-22(27)28)26-23(17-7-3-2-4-8-17)24(29)20-14-25-21-10-9-16(12-19(20)21)6-5-11-32(30)31/h2-4,7-10,12,14,18,23,25-26,32H,5-6,11,13,15H2,1H3. The maximum absolute atomic E-state index is 13.7. The minimum atomic E-state index is -2.38. The van der Waals surface area contributed by atoms with Crippen LogP contribution in [0.2, 0.25) is 0 Å². The Balaban J connectivity index is 1.63. The molecule has 1 fully saturated rings. The molecule has 0 radical (unpaired) electrons. The second kappa shape index (κ2) is 9.67. The van der Waals surface area contributed by atoms with Gasteiger partial charge in [-0.3, -0.25) is 14.9 Å². The third-order valence-electron chi connectivity index (χ3n) is 5.96. The first-order valence-corrected chi connectivity index (χ1v) is 12.1. The van der Waals surface area contributed by atoms with Crippen molar-refractivity contribution >= 4 is 33.3 Å². The number of nitrogens with one attached hydrogen (secondary N) is 2. The van der Waals surface area contributed by atoms with Gasteiger partial charge in [0.1, 0.15) is 10.7 Å². The Kier molecular flexibility index (Phi) is 6.72. The highest BCUT2D eigenvalue weighted by atomic mass is 32.2. The second-order valence-corrected chi connectivity index (χ2v) is 9.40. The lowest BCUT2D eigenvalue weighted by atomic mass is 9.95.